The van der Waals surface area contributed by atoms with E-state index >= 15 is 0 Å². The quantitative estimate of drug-likeness (QED) is 0.748. The number of aryl methyl sites for hydroxylation is 1. The maximum Gasteiger partial charge on any atom is 0.265 e. The lowest BCUT2D eigenvalue weighted by atomic mass is 10.1. The lowest BCUT2D eigenvalue weighted by Crippen LogP contribution is -2.32. The molecular weight excluding hydrogens is 314 g/mol. The van der Waals surface area contributed by atoms with Crippen molar-refractivity contribution in [3.8, 4) is 11.5 Å². The number of hydrogen-bond acceptors (Lipinski definition) is 3. The molecule has 1 atom stereocenters. The van der Waals surface area contributed by atoms with E-state index in [1.54, 1.807) is 0 Å². The van der Waals surface area contributed by atoms with Crippen LogP contribution in [-0.4, -0.2) is 18.1 Å². The minimum absolute atomic E-state index is 0.0355. The second-order valence-corrected chi connectivity index (χ2v) is 6.16. The normalized spacial score (nSPS) is 11.9. The first-order chi connectivity index (χ1) is 12.0. The molecule has 0 spiro atoms. The highest BCUT2D eigenvalue weighted by Crippen LogP contribution is 2.25. The SMILES string of the molecule is CCc1ccc(OC(CC)C(=O)Nc2ccccc2OC(C)C)cc1. The third-order valence-electron chi connectivity index (χ3n) is 3.78. The number of amides is 1. The lowest BCUT2D eigenvalue weighted by molar-refractivity contribution is -0.122. The summed E-state index contributed by atoms with van der Waals surface area (Å²) in [6.45, 7) is 7.95. The maximum absolute atomic E-state index is 12.6. The third kappa shape index (κ3) is 5.52. The molecule has 2 rings (SSSR count). The minimum Gasteiger partial charge on any atom is -0.489 e. The van der Waals surface area contributed by atoms with Crippen LogP contribution < -0.4 is 14.8 Å². The molecule has 0 saturated carbocycles. The fraction of sp³-hybridized carbons (Fsp3) is 0.381. The van der Waals surface area contributed by atoms with Crippen LogP contribution in [0.3, 0.4) is 0 Å². The zero-order valence-electron chi connectivity index (χ0n) is 15.4. The largest absolute Gasteiger partial charge is 0.489 e. The summed E-state index contributed by atoms with van der Waals surface area (Å²) in [7, 11) is 0. The van der Waals surface area contributed by atoms with Crippen molar-refractivity contribution < 1.29 is 14.3 Å². The summed E-state index contributed by atoms with van der Waals surface area (Å²) in [4.78, 5) is 12.6. The monoisotopic (exact) mass is 341 g/mol. The fourth-order valence-corrected chi connectivity index (χ4v) is 2.43. The molecule has 2 aromatic carbocycles. The Bertz CT molecular complexity index is 680. The zero-order chi connectivity index (χ0) is 18.2. The molecule has 2 aromatic rings. The number of hydrogen-bond donors (Lipinski definition) is 1. The standard InChI is InChI=1S/C21H27NO3/c1-5-16-11-13-17(14-12-16)25-19(6-2)21(23)22-18-9-7-8-10-20(18)24-15(3)4/h7-15,19H,5-6H2,1-4H3,(H,22,23). The Labute approximate surface area is 150 Å². The molecule has 1 amide bonds. The van der Waals surface area contributed by atoms with Gasteiger partial charge in [-0.25, -0.2) is 0 Å². The molecule has 0 fully saturated rings. The van der Waals surface area contributed by atoms with Gasteiger partial charge in [0, 0.05) is 0 Å². The summed E-state index contributed by atoms with van der Waals surface area (Å²) < 4.78 is 11.6. The molecule has 25 heavy (non-hydrogen) atoms. The van der Waals surface area contributed by atoms with Gasteiger partial charge in [0.2, 0.25) is 0 Å². The number of ether oxygens (including phenoxy) is 2. The van der Waals surface area contributed by atoms with E-state index in [1.807, 2.05) is 69.3 Å². The van der Waals surface area contributed by atoms with Gasteiger partial charge >= 0.3 is 0 Å². The Balaban J connectivity index is 2.07. The Morgan fingerprint density at radius 1 is 1.00 bits per heavy atom. The Morgan fingerprint density at radius 3 is 2.28 bits per heavy atom. The van der Waals surface area contributed by atoms with Gasteiger partial charge in [-0.3, -0.25) is 4.79 Å². The van der Waals surface area contributed by atoms with E-state index in [4.69, 9.17) is 9.47 Å². The highest BCUT2D eigenvalue weighted by molar-refractivity contribution is 5.95. The molecule has 0 aromatic heterocycles. The summed E-state index contributed by atoms with van der Waals surface area (Å²) in [5, 5.41) is 2.92. The van der Waals surface area contributed by atoms with Gasteiger partial charge in [-0.2, -0.15) is 0 Å². The van der Waals surface area contributed by atoms with Crippen LogP contribution in [0.25, 0.3) is 0 Å². The first-order valence-electron chi connectivity index (χ1n) is 8.85. The molecule has 0 aliphatic rings. The van der Waals surface area contributed by atoms with Crippen LogP contribution in [0.15, 0.2) is 48.5 Å². The van der Waals surface area contributed by atoms with Crippen LogP contribution in [0.4, 0.5) is 5.69 Å². The van der Waals surface area contributed by atoms with Gasteiger partial charge in [0.1, 0.15) is 11.5 Å². The molecular formula is C21H27NO3. The first-order valence-corrected chi connectivity index (χ1v) is 8.85. The molecule has 4 heteroatoms. The van der Waals surface area contributed by atoms with Crippen molar-refractivity contribution in [2.45, 2.75) is 52.7 Å². The number of anilines is 1. The molecule has 0 saturated heterocycles. The minimum atomic E-state index is -0.556. The van der Waals surface area contributed by atoms with E-state index in [2.05, 4.69) is 12.2 Å². The van der Waals surface area contributed by atoms with Gasteiger partial charge < -0.3 is 14.8 Å². The van der Waals surface area contributed by atoms with Crippen LogP contribution in [0.2, 0.25) is 0 Å². The average molecular weight is 341 g/mol. The van der Waals surface area contributed by atoms with E-state index in [0.717, 1.165) is 6.42 Å². The van der Waals surface area contributed by atoms with Crippen molar-refractivity contribution in [1.82, 2.24) is 0 Å². The first kappa shape index (κ1) is 18.8. The fourth-order valence-electron chi connectivity index (χ4n) is 2.43. The molecule has 0 aliphatic carbocycles. The van der Waals surface area contributed by atoms with Crippen molar-refractivity contribution in [2.75, 3.05) is 5.32 Å². The predicted octanol–water partition coefficient (Wildman–Crippen LogP) is 4.83. The summed E-state index contributed by atoms with van der Waals surface area (Å²) in [5.74, 6) is 1.18. The van der Waals surface area contributed by atoms with Crippen molar-refractivity contribution in [3.05, 3.63) is 54.1 Å². The lowest BCUT2D eigenvalue weighted by Gasteiger charge is -2.19. The second kappa shape index (κ2) is 9.11. The van der Waals surface area contributed by atoms with Crippen LogP contribution in [0.5, 0.6) is 11.5 Å². The molecule has 0 bridgehead atoms. The van der Waals surface area contributed by atoms with Crippen LogP contribution >= 0.6 is 0 Å². The van der Waals surface area contributed by atoms with Gasteiger partial charge in [-0.1, -0.05) is 38.1 Å². The van der Waals surface area contributed by atoms with Gasteiger partial charge in [-0.05, 0) is 56.5 Å². The van der Waals surface area contributed by atoms with E-state index in [9.17, 15) is 4.79 Å². The van der Waals surface area contributed by atoms with Crippen molar-refractivity contribution in [3.63, 3.8) is 0 Å². The topological polar surface area (TPSA) is 47.6 Å². The van der Waals surface area contributed by atoms with Crippen molar-refractivity contribution in [1.29, 1.82) is 0 Å². The van der Waals surface area contributed by atoms with Crippen LogP contribution in [0.1, 0.15) is 39.7 Å². The van der Waals surface area contributed by atoms with Gasteiger partial charge in [-0.15, -0.1) is 0 Å². The van der Waals surface area contributed by atoms with E-state index in [1.165, 1.54) is 5.56 Å². The summed E-state index contributed by atoms with van der Waals surface area (Å²) in [6, 6.07) is 15.3. The van der Waals surface area contributed by atoms with E-state index < -0.39 is 6.10 Å². The van der Waals surface area contributed by atoms with E-state index in [0.29, 0.717) is 23.6 Å². The highest BCUT2D eigenvalue weighted by Gasteiger charge is 2.20. The Kier molecular flexibility index (Phi) is 6.87. The molecule has 0 radical (unpaired) electrons. The van der Waals surface area contributed by atoms with E-state index in [-0.39, 0.29) is 12.0 Å². The predicted molar refractivity (Wildman–Crippen MR) is 101 cm³/mol. The van der Waals surface area contributed by atoms with Crippen LogP contribution in [-0.2, 0) is 11.2 Å². The molecule has 4 nitrogen and oxygen atoms in total. The van der Waals surface area contributed by atoms with Gasteiger partial charge in [0.15, 0.2) is 6.10 Å². The number of carbonyl (C=O) groups excluding carboxylic acids is 1. The molecule has 1 N–H and O–H groups in total. The summed E-state index contributed by atoms with van der Waals surface area (Å²) >= 11 is 0. The number of rotatable bonds is 8. The molecule has 1 unspecified atom stereocenters. The summed E-state index contributed by atoms with van der Waals surface area (Å²) in [6.07, 6.45) is 1.03. The van der Waals surface area contributed by atoms with Crippen LogP contribution in [0, 0.1) is 0 Å². The number of carbonyl (C=O) groups is 1. The third-order valence-corrected chi connectivity index (χ3v) is 3.78. The number of nitrogens with one attached hydrogen (secondary N) is 1. The molecule has 0 heterocycles. The zero-order valence-corrected chi connectivity index (χ0v) is 15.4. The molecule has 134 valence electrons. The highest BCUT2D eigenvalue weighted by atomic mass is 16.5. The van der Waals surface area contributed by atoms with Gasteiger partial charge in [0.05, 0.1) is 11.8 Å². The second-order valence-electron chi connectivity index (χ2n) is 6.16. The Morgan fingerprint density at radius 2 is 1.68 bits per heavy atom. The number of benzene rings is 2. The average Bonchev–Trinajstić information content (AvgIpc) is 2.61. The Hall–Kier alpha value is -2.49. The maximum atomic E-state index is 12.6. The summed E-state index contributed by atoms with van der Waals surface area (Å²) in [5.41, 5.74) is 1.90. The van der Waals surface area contributed by atoms with Gasteiger partial charge in [0.25, 0.3) is 5.91 Å². The smallest absolute Gasteiger partial charge is 0.265 e. The van der Waals surface area contributed by atoms with Crippen molar-refractivity contribution >= 4 is 11.6 Å². The number of para-hydroxylation sites is 2. The molecule has 0 aliphatic heterocycles. The van der Waals surface area contributed by atoms with Crippen molar-refractivity contribution in [2.24, 2.45) is 0 Å².